The second kappa shape index (κ2) is 7.43. The van der Waals surface area contributed by atoms with Crippen LogP contribution >= 0.6 is 0 Å². The van der Waals surface area contributed by atoms with E-state index in [1.807, 2.05) is 4.52 Å². The number of rotatable bonds is 8. The Hall–Kier alpha value is -1.75. The average Bonchev–Trinajstić information content (AvgIpc) is 2.89. The number of nitrogens with one attached hydrogen (secondary N) is 1. The van der Waals surface area contributed by atoms with Gasteiger partial charge in [0.25, 0.3) is 0 Å². The molecule has 1 unspecified atom stereocenters. The molecule has 2 aromatic rings. The molecule has 0 saturated carbocycles. The minimum Gasteiger partial charge on any atom is -0.394 e. The van der Waals surface area contributed by atoms with Crippen LogP contribution in [-0.4, -0.2) is 46.8 Å². The second-order valence-corrected chi connectivity index (χ2v) is 7.11. The van der Waals surface area contributed by atoms with Gasteiger partial charge in [-0.3, -0.25) is 0 Å². The number of nitrogens with two attached hydrogens (primary N) is 1. The molecule has 0 aromatic carbocycles. The summed E-state index contributed by atoms with van der Waals surface area (Å²) in [6, 6.07) is 4.88. The zero-order valence-electron chi connectivity index (χ0n) is 16.2. The molecule has 3 N–H and O–H groups in total. The van der Waals surface area contributed by atoms with Gasteiger partial charge in [-0.2, -0.15) is 0 Å². The van der Waals surface area contributed by atoms with Crippen molar-refractivity contribution in [3.05, 3.63) is 23.4 Å². The Kier molecular flexibility index (Phi) is 5.75. The minimum atomic E-state index is 0.606. The highest BCUT2D eigenvalue weighted by Gasteiger charge is 2.23. The van der Waals surface area contributed by atoms with Crippen LogP contribution in [0.3, 0.4) is 0 Å². The molecule has 0 aliphatic carbocycles. The topological polar surface area (TPSA) is 55.3 Å². The van der Waals surface area contributed by atoms with Crippen molar-refractivity contribution in [2.45, 2.75) is 53.5 Å². The first-order valence-electron chi connectivity index (χ1n) is 9.24. The van der Waals surface area contributed by atoms with Gasteiger partial charge < -0.3 is 15.5 Å². The molecule has 0 aliphatic rings. The van der Waals surface area contributed by atoms with Crippen LogP contribution in [0.25, 0.3) is 5.52 Å². The van der Waals surface area contributed by atoms with E-state index in [2.05, 4.69) is 59.1 Å². The quantitative estimate of drug-likeness (QED) is 0.729. The van der Waals surface area contributed by atoms with Crippen molar-refractivity contribution >= 4 is 17.0 Å². The normalized spacial score (nSPS) is 14.3. The van der Waals surface area contributed by atoms with Gasteiger partial charge in [-0.25, -0.2) is 4.52 Å². The van der Waals surface area contributed by atoms with Crippen molar-refractivity contribution in [2.75, 3.05) is 37.7 Å². The lowest BCUT2D eigenvalue weighted by Gasteiger charge is -2.37. The Labute approximate surface area is 146 Å². The number of aryl methyl sites for hydroxylation is 2. The molecule has 1 atom stereocenters. The van der Waals surface area contributed by atoms with E-state index in [1.54, 1.807) is 0 Å². The number of nitrogens with zero attached hydrogens (tertiary/aromatic N) is 3. The number of likely N-dealkylation sites (N-methyl/N-ethyl adjacent to an activating group) is 1. The summed E-state index contributed by atoms with van der Waals surface area (Å²) < 4.78 is 3.06. The SMILES string of the molecule is CCc1ccc2c(N)c(NCC[N+](C)(CC)C(C)C)nn2c1CC. The van der Waals surface area contributed by atoms with E-state index in [1.165, 1.54) is 11.3 Å². The molecular formula is C19H34N5+. The van der Waals surface area contributed by atoms with Crippen LogP contribution in [-0.2, 0) is 12.8 Å². The first kappa shape index (κ1) is 18.6. The maximum atomic E-state index is 6.35. The Morgan fingerprint density at radius 2 is 1.92 bits per heavy atom. The van der Waals surface area contributed by atoms with E-state index in [0.29, 0.717) is 6.04 Å². The van der Waals surface area contributed by atoms with Crippen molar-refractivity contribution in [3.63, 3.8) is 0 Å². The predicted octanol–water partition coefficient (Wildman–Crippen LogP) is 3.33. The van der Waals surface area contributed by atoms with Gasteiger partial charge in [0.05, 0.1) is 38.2 Å². The lowest BCUT2D eigenvalue weighted by atomic mass is 10.1. The summed E-state index contributed by atoms with van der Waals surface area (Å²) >= 11 is 0. The summed E-state index contributed by atoms with van der Waals surface area (Å²) in [5, 5.41) is 8.22. The molecule has 0 amide bonds. The molecule has 2 aromatic heterocycles. The predicted molar refractivity (Wildman–Crippen MR) is 104 cm³/mol. The molecule has 0 bridgehead atoms. The summed E-state index contributed by atoms with van der Waals surface area (Å²) in [4.78, 5) is 0. The fraction of sp³-hybridized carbons (Fsp3) is 0.632. The second-order valence-electron chi connectivity index (χ2n) is 7.11. The maximum absolute atomic E-state index is 6.35. The van der Waals surface area contributed by atoms with Crippen molar-refractivity contribution in [2.24, 2.45) is 0 Å². The van der Waals surface area contributed by atoms with E-state index in [0.717, 1.165) is 54.0 Å². The fourth-order valence-electron chi connectivity index (χ4n) is 3.26. The average molecular weight is 333 g/mol. The lowest BCUT2D eigenvalue weighted by molar-refractivity contribution is -0.926. The third-order valence-electron chi connectivity index (χ3n) is 5.63. The van der Waals surface area contributed by atoms with Gasteiger partial charge in [-0.1, -0.05) is 19.9 Å². The number of fused-ring (bicyclic) bond motifs is 1. The molecule has 134 valence electrons. The minimum absolute atomic E-state index is 0.606. The van der Waals surface area contributed by atoms with E-state index in [4.69, 9.17) is 10.8 Å². The van der Waals surface area contributed by atoms with Gasteiger partial charge in [0, 0.05) is 5.69 Å². The highest BCUT2D eigenvalue weighted by molar-refractivity contribution is 5.81. The van der Waals surface area contributed by atoms with Gasteiger partial charge in [0.1, 0.15) is 5.69 Å². The Morgan fingerprint density at radius 1 is 1.21 bits per heavy atom. The molecule has 0 spiro atoms. The van der Waals surface area contributed by atoms with Gasteiger partial charge >= 0.3 is 0 Å². The Bertz CT molecular complexity index is 689. The number of quaternary nitrogens is 1. The van der Waals surface area contributed by atoms with Crippen LogP contribution in [0.15, 0.2) is 12.1 Å². The largest absolute Gasteiger partial charge is 0.394 e. The summed E-state index contributed by atoms with van der Waals surface area (Å²) in [6.07, 6.45) is 1.97. The molecule has 0 saturated heterocycles. The molecule has 0 aliphatic heterocycles. The third kappa shape index (κ3) is 3.36. The molecule has 2 rings (SSSR count). The van der Waals surface area contributed by atoms with Gasteiger partial charge in [0.15, 0.2) is 5.82 Å². The van der Waals surface area contributed by atoms with Crippen LogP contribution in [0.5, 0.6) is 0 Å². The standard InChI is InChI=1S/C19H34N5/c1-7-15-10-11-17-18(20)19(22-23(17)16(15)8-2)21-12-13-24(6,9-3)14(4)5/h10-11,14H,7-9,12-13,20H2,1-6H3,(H,21,22)/q+1. The molecule has 0 fully saturated rings. The number of pyridine rings is 1. The van der Waals surface area contributed by atoms with Gasteiger partial charge in [0.2, 0.25) is 0 Å². The van der Waals surface area contributed by atoms with Crippen LogP contribution < -0.4 is 11.1 Å². The number of nitrogen functional groups attached to an aromatic ring is 1. The van der Waals surface area contributed by atoms with Crippen molar-refractivity contribution < 1.29 is 4.48 Å². The molecular weight excluding hydrogens is 298 g/mol. The molecule has 5 nitrogen and oxygen atoms in total. The van der Waals surface area contributed by atoms with E-state index in [-0.39, 0.29) is 0 Å². The molecule has 2 heterocycles. The fourth-order valence-corrected chi connectivity index (χ4v) is 3.26. The van der Waals surface area contributed by atoms with Crippen molar-refractivity contribution in [1.29, 1.82) is 0 Å². The Balaban J connectivity index is 2.23. The number of hydrogen-bond acceptors (Lipinski definition) is 3. The van der Waals surface area contributed by atoms with Gasteiger partial charge in [-0.05, 0) is 45.2 Å². The first-order valence-corrected chi connectivity index (χ1v) is 9.24. The van der Waals surface area contributed by atoms with Crippen LogP contribution in [0, 0.1) is 0 Å². The Morgan fingerprint density at radius 3 is 2.46 bits per heavy atom. The molecule has 24 heavy (non-hydrogen) atoms. The monoisotopic (exact) mass is 332 g/mol. The summed E-state index contributed by atoms with van der Waals surface area (Å²) in [5.74, 6) is 0.810. The van der Waals surface area contributed by atoms with E-state index in [9.17, 15) is 0 Å². The highest BCUT2D eigenvalue weighted by Crippen LogP contribution is 2.26. The zero-order valence-corrected chi connectivity index (χ0v) is 16.2. The van der Waals surface area contributed by atoms with Crippen molar-refractivity contribution in [1.82, 2.24) is 9.61 Å². The van der Waals surface area contributed by atoms with Crippen molar-refractivity contribution in [3.8, 4) is 0 Å². The maximum Gasteiger partial charge on any atom is 0.172 e. The van der Waals surface area contributed by atoms with Gasteiger partial charge in [-0.15, -0.1) is 5.10 Å². The third-order valence-corrected chi connectivity index (χ3v) is 5.63. The van der Waals surface area contributed by atoms with E-state index >= 15 is 0 Å². The highest BCUT2D eigenvalue weighted by atomic mass is 15.4. The van der Waals surface area contributed by atoms with Crippen LogP contribution in [0.1, 0.15) is 45.9 Å². The lowest BCUT2D eigenvalue weighted by Crippen LogP contribution is -2.51. The number of anilines is 2. The van der Waals surface area contributed by atoms with Crippen LogP contribution in [0.4, 0.5) is 11.5 Å². The summed E-state index contributed by atoms with van der Waals surface area (Å²) in [5.41, 5.74) is 10.7. The molecule has 5 heteroatoms. The first-order chi connectivity index (χ1) is 11.4. The zero-order chi connectivity index (χ0) is 17.9. The smallest absolute Gasteiger partial charge is 0.172 e. The summed E-state index contributed by atoms with van der Waals surface area (Å²) in [7, 11) is 2.31. The number of aromatic nitrogens is 2. The molecule has 0 radical (unpaired) electrons. The number of hydrogen-bond donors (Lipinski definition) is 2. The van der Waals surface area contributed by atoms with E-state index < -0.39 is 0 Å². The summed E-state index contributed by atoms with van der Waals surface area (Å²) in [6.45, 7) is 14.2. The van der Waals surface area contributed by atoms with Crippen LogP contribution in [0.2, 0.25) is 0 Å².